The van der Waals surface area contributed by atoms with Crippen molar-refractivity contribution >= 4 is 17.3 Å². The van der Waals surface area contributed by atoms with E-state index in [9.17, 15) is 9.90 Å². The van der Waals surface area contributed by atoms with E-state index in [4.69, 9.17) is 9.47 Å². The van der Waals surface area contributed by atoms with Gasteiger partial charge in [0, 0.05) is 16.5 Å². The van der Waals surface area contributed by atoms with Gasteiger partial charge >= 0.3 is 5.97 Å². The molecule has 1 aromatic carbocycles. The Morgan fingerprint density at radius 3 is 2.65 bits per heavy atom. The molecule has 0 spiro atoms. The molecule has 0 aliphatic rings. The van der Waals surface area contributed by atoms with Crippen molar-refractivity contribution in [3.8, 4) is 11.5 Å². The van der Waals surface area contributed by atoms with Crippen LogP contribution in [-0.4, -0.2) is 25.3 Å². The molecule has 0 fully saturated rings. The SMILES string of the molecule is COc1ccc(C(Cc2cccs2)C(=O)O)c(OC)c1. The maximum atomic E-state index is 11.6. The van der Waals surface area contributed by atoms with Crippen molar-refractivity contribution in [1.29, 1.82) is 0 Å². The summed E-state index contributed by atoms with van der Waals surface area (Å²) in [7, 11) is 3.09. The highest BCUT2D eigenvalue weighted by atomic mass is 32.1. The Morgan fingerprint density at radius 2 is 2.10 bits per heavy atom. The van der Waals surface area contributed by atoms with E-state index < -0.39 is 11.9 Å². The summed E-state index contributed by atoms with van der Waals surface area (Å²) >= 11 is 1.56. The number of benzene rings is 1. The van der Waals surface area contributed by atoms with Crippen LogP contribution in [-0.2, 0) is 11.2 Å². The predicted molar refractivity (Wildman–Crippen MR) is 77.9 cm³/mol. The van der Waals surface area contributed by atoms with Gasteiger partial charge in [-0.2, -0.15) is 0 Å². The van der Waals surface area contributed by atoms with E-state index in [0.717, 1.165) is 4.88 Å². The molecule has 0 aliphatic carbocycles. The molecule has 0 aliphatic heterocycles. The number of aliphatic carboxylic acids is 1. The van der Waals surface area contributed by atoms with Gasteiger partial charge in [0.25, 0.3) is 0 Å². The van der Waals surface area contributed by atoms with E-state index >= 15 is 0 Å². The topological polar surface area (TPSA) is 55.8 Å². The van der Waals surface area contributed by atoms with E-state index in [1.807, 2.05) is 17.5 Å². The van der Waals surface area contributed by atoms with E-state index in [1.54, 1.807) is 36.6 Å². The summed E-state index contributed by atoms with van der Waals surface area (Å²) in [5.74, 6) is -0.310. The molecule has 0 saturated heterocycles. The maximum Gasteiger partial charge on any atom is 0.311 e. The summed E-state index contributed by atoms with van der Waals surface area (Å²) in [6.45, 7) is 0. The molecule has 1 aromatic heterocycles. The normalized spacial score (nSPS) is 11.9. The third kappa shape index (κ3) is 3.11. The molecule has 0 saturated carbocycles. The minimum Gasteiger partial charge on any atom is -0.497 e. The predicted octanol–water partition coefficient (Wildman–Crippen LogP) is 3.18. The fraction of sp³-hybridized carbons (Fsp3) is 0.267. The smallest absolute Gasteiger partial charge is 0.311 e. The standard InChI is InChI=1S/C15H16O4S/c1-18-10-5-6-12(14(8-10)19-2)13(15(16)17)9-11-4-3-7-20-11/h3-8,13H,9H2,1-2H3,(H,16,17). The molecule has 4 nitrogen and oxygen atoms in total. The Balaban J connectivity index is 2.36. The van der Waals surface area contributed by atoms with Crippen LogP contribution in [0.4, 0.5) is 0 Å². The van der Waals surface area contributed by atoms with Crippen molar-refractivity contribution in [2.75, 3.05) is 14.2 Å². The molecule has 106 valence electrons. The summed E-state index contributed by atoms with van der Waals surface area (Å²) < 4.78 is 10.4. The molecular formula is C15H16O4S. The number of hydrogen-bond acceptors (Lipinski definition) is 4. The van der Waals surface area contributed by atoms with Crippen LogP contribution < -0.4 is 9.47 Å². The van der Waals surface area contributed by atoms with Gasteiger partial charge in [0.2, 0.25) is 0 Å². The molecule has 0 amide bonds. The summed E-state index contributed by atoms with van der Waals surface area (Å²) in [5.41, 5.74) is 0.661. The minimum atomic E-state index is -0.859. The molecule has 0 bridgehead atoms. The van der Waals surface area contributed by atoms with Gasteiger partial charge in [-0.1, -0.05) is 12.1 Å². The molecule has 5 heteroatoms. The van der Waals surface area contributed by atoms with Gasteiger partial charge in [-0.15, -0.1) is 11.3 Å². The number of carbonyl (C=O) groups is 1. The molecule has 1 N–H and O–H groups in total. The second-order valence-corrected chi connectivity index (χ2v) is 5.31. The van der Waals surface area contributed by atoms with Crippen molar-refractivity contribution in [1.82, 2.24) is 0 Å². The molecule has 2 aromatic rings. The van der Waals surface area contributed by atoms with Gasteiger partial charge in [-0.3, -0.25) is 4.79 Å². The number of rotatable bonds is 6. The third-order valence-electron chi connectivity index (χ3n) is 3.10. The van der Waals surface area contributed by atoms with Gasteiger partial charge in [0.15, 0.2) is 0 Å². The first kappa shape index (κ1) is 14.4. The van der Waals surface area contributed by atoms with Crippen LogP contribution >= 0.6 is 11.3 Å². The second kappa shape index (κ2) is 6.43. The quantitative estimate of drug-likeness (QED) is 0.888. The molecule has 1 unspecified atom stereocenters. The lowest BCUT2D eigenvalue weighted by molar-refractivity contribution is -0.138. The monoisotopic (exact) mass is 292 g/mol. The highest BCUT2D eigenvalue weighted by Gasteiger charge is 2.24. The fourth-order valence-corrected chi connectivity index (χ4v) is 2.82. The van der Waals surface area contributed by atoms with Crippen LogP contribution in [0.25, 0.3) is 0 Å². The average Bonchev–Trinajstić information content (AvgIpc) is 2.97. The minimum absolute atomic E-state index is 0.454. The molecule has 2 rings (SSSR count). The van der Waals surface area contributed by atoms with Gasteiger partial charge < -0.3 is 14.6 Å². The molecule has 1 atom stereocenters. The van der Waals surface area contributed by atoms with E-state index in [2.05, 4.69) is 0 Å². The summed E-state index contributed by atoms with van der Waals surface area (Å²) in [5, 5.41) is 11.4. The number of carboxylic acids is 1. The fourth-order valence-electron chi connectivity index (χ4n) is 2.07. The number of thiophene rings is 1. The first-order valence-electron chi connectivity index (χ1n) is 6.12. The summed E-state index contributed by atoms with van der Waals surface area (Å²) in [6.07, 6.45) is 0.454. The van der Waals surface area contributed by atoms with Gasteiger partial charge in [-0.25, -0.2) is 0 Å². The number of methoxy groups -OCH3 is 2. The van der Waals surface area contributed by atoms with Crippen LogP contribution in [0.3, 0.4) is 0 Å². The molecule has 0 radical (unpaired) electrons. The van der Waals surface area contributed by atoms with Crippen molar-refractivity contribution in [2.45, 2.75) is 12.3 Å². The van der Waals surface area contributed by atoms with Crippen molar-refractivity contribution < 1.29 is 19.4 Å². The number of hydrogen-bond donors (Lipinski definition) is 1. The Kier molecular flexibility index (Phi) is 4.63. The Labute approximate surface area is 121 Å². The van der Waals surface area contributed by atoms with Gasteiger partial charge in [0.1, 0.15) is 11.5 Å². The van der Waals surface area contributed by atoms with Crippen LogP contribution in [0.5, 0.6) is 11.5 Å². The Hall–Kier alpha value is -2.01. The first-order valence-corrected chi connectivity index (χ1v) is 7.00. The van der Waals surface area contributed by atoms with E-state index in [1.165, 1.54) is 7.11 Å². The van der Waals surface area contributed by atoms with Crippen LogP contribution in [0.15, 0.2) is 35.7 Å². The summed E-state index contributed by atoms with van der Waals surface area (Å²) in [6, 6.07) is 9.08. The molecular weight excluding hydrogens is 276 g/mol. The van der Waals surface area contributed by atoms with Gasteiger partial charge in [-0.05, 0) is 23.9 Å². The highest BCUT2D eigenvalue weighted by molar-refractivity contribution is 7.09. The number of carboxylic acid groups (broad SMARTS) is 1. The number of ether oxygens (including phenoxy) is 2. The van der Waals surface area contributed by atoms with Crippen LogP contribution in [0.1, 0.15) is 16.4 Å². The zero-order valence-corrected chi connectivity index (χ0v) is 12.1. The zero-order valence-electron chi connectivity index (χ0n) is 11.3. The molecule has 1 heterocycles. The second-order valence-electron chi connectivity index (χ2n) is 4.28. The van der Waals surface area contributed by atoms with E-state index in [-0.39, 0.29) is 0 Å². The summed E-state index contributed by atoms with van der Waals surface area (Å²) in [4.78, 5) is 12.6. The Bertz CT molecular complexity index is 578. The first-order chi connectivity index (χ1) is 9.65. The lowest BCUT2D eigenvalue weighted by Gasteiger charge is -2.16. The lowest BCUT2D eigenvalue weighted by atomic mass is 9.94. The van der Waals surface area contributed by atoms with Crippen molar-refractivity contribution in [3.05, 3.63) is 46.2 Å². The Morgan fingerprint density at radius 1 is 1.30 bits per heavy atom. The largest absolute Gasteiger partial charge is 0.497 e. The van der Waals surface area contributed by atoms with E-state index in [0.29, 0.717) is 23.5 Å². The maximum absolute atomic E-state index is 11.6. The highest BCUT2D eigenvalue weighted by Crippen LogP contribution is 2.33. The zero-order chi connectivity index (χ0) is 14.5. The van der Waals surface area contributed by atoms with Crippen LogP contribution in [0.2, 0.25) is 0 Å². The third-order valence-corrected chi connectivity index (χ3v) is 4.00. The van der Waals surface area contributed by atoms with Gasteiger partial charge in [0.05, 0.1) is 20.1 Å². The van der Waals surface area contributed by atoms with Crippen LogP contribution in [0, 0.1) is 0 Å². The van der Waals surface area contributed by atoms with Crippen molar-refractivity contribution in [3.63, 3.8) is 0 Å². The lowest BCUT2D eigenvalue weighted by Crippen LogP contribution is -2.15. The van der Waals surface area contributed by atoms with Crippen molar-refractivity contribution in [2.24, 2.45) is 0 Å². The average molecular weight is 292 g/mol. The molecule has 20 heavy (non-hydrogen) atoms.